The third-order valence-corrected chi connectivity index (χ3v) is 6.13. The number of nitrogens with zero attached hydrogens (tertiary/aromatic N) is 2. The zero-order valence-corrected chi connectivity index (χ0v) is 16.0. The lowest BCUT2D eigenvalue weighted by atomic mass is 10.3. The van der Waals surface area contributed by atoms with Gasteiger partial charge in [0.2, 0.25) is 0 Å². The summed E-state index contributed by atoms with van der Waals surface area (Å²) in [7, 11) is 0. The highest BCUT2D eigenvalue weighted by atomic mass is 79.9. The number of para-hydroxylation sites is 1. The van der Waals surface area contributed by atoms with E-state index in [0.717, 1.165) is 24.6 Å². The lowest BCUT2D eigenvalue weighted by Crippen LogP contribution is -2.20. The van der Waals surface area contributed by atoms with Gasteiger partial charge in [-0.25, -0.2) is 9.48 Å². The molecule has 1 aromatic carbocycles. The Labute approximate surface area is 154 Å². The molecule has 2 amide bonds. The van der Waals surface area contributed by atoms with Gasteiger partial charge in [-0.3, -0.25) is 10.6 Å². The van der Waals surface area contributed by atoms with Crippen molar-refractivity contribution in [2.24, 2.45) is 0 Å². The Balaban J connectivity index is 1.79. The highest BCUT2D eigenvalue weighted by Crippen LogP contribution is 2.35. The summed E-state index contributed by atoms with van der Waals surface area (Å²) in [6.07, 6.45) is 0. The topological polar surface area (TPSA) is 59.0 Å². The zero-order valence-electron chi connectivity index (χ0n) is 12.0. The van der Waals surface area contributed by atoms with Gasteiger partial charge in [-0.1, -0.05) is 18.2 Å². The number of benzene rings is 1. The Hall–Kier alpha value is -1.64. The number of urea groups is 1. The molecule has 118 valence electrons. The molecule has 23 heavy (non-hydrogen) atoms. The number of aryl methyl sites for hydroxylation is 1. The molecule has 0 saturated carbocycles. The first kappa shape index (κ1) is 16.2. The number of hydrogen-bond donors (Lipinski definition) is 2. The molecule has 2 heterocycles. The number of carbonyl (C=O) groups is 1. The number of carbonyl (C=O) groups excluding carboxylic acids is 1. The predicted octanol–water partition coefficient (Wildman–Crippen LogP) is 5.41. The van der Waals surface area contributed by atoms with E-state index in [1.165, 1.54) is 11.3 Å². The summed E-state index contributed by atoms with van der Waals surface area (Å²) in [6, 6.07) is 13.0. The van der Waals surface area contributed by atoms with Gasteiger partial charge in [0.1, 0.15) is 5.82 Å². The average molecular weight is 456 g/mol. The number of hydrogen-bond acceptors (Lipinski definition) is 3. The number of rotatable bonds is 3. The SMILES string of the molecule is Cc1cc(NC(=O)Nc2cc(Br)c(Br)s2)n(-c2ccccc2)n1. The largest absolute Gasteiger partial charge is 0.325 e. The molecule has 0 spiro atoms. The quantitative estimate of drug-likeness (QED) is 0.554. The second-order valence-electron chi connectivity index (χ2n) is 4.73. The number of anilines is 2. The summed E-state index contributed by atoms with van der Waals surface area (Å²) in [5.41, 5.74) is 1.71. The zero-order chi connectivity index (χ0) is 16.4. The van der Waals surface area contributed by atoms with Crippen molar-refractivity contribution < 1.29 is 4.79 Å². The molecule has 0 saturated heterocycles. The van der Waals surface area contributed by atoms with Crippen LogP contribution in [0, 0.1) is 6.92 Å². The van der Waals surface area contributed by atoms with Crippen LogP contribution in [0.3, 0.4) is 0 Å². The van der Waals surface area contributed by atoms with Crippen LogP contribution in [0.5, 0.6) is 0 Å². The molecule has 0 aliphatic rings. The molecule has 5 nitrogen and oxygen atoms in total. The van der Waals surface area contributed by atoms with Crippen LogP contribution in [0.1, 0.15) is 5.69 Å². The minimum atomic E-state index is -0.316. The molecule has 0 fully saturated rings. The van der Waals surface area contributed by atoms with Crippen LogP contribution in [-0.4, -0.2) is 15.8 Å². The lowest BCUT2D eigenvalue weighted by Gasteiger charge is -2.09. The first-order valence-corrected chi connectivity index (χ1v) is 9.08. The molecule has 3 rings (SSSR count). The molecule has 3 aromatic rings. The number of amides is 2. The Morgan fingerprint density at radius 2 is 1.91 bits per heavy atom. The van der Waals surface area contributed by atoms with Crippen molar-refractivity contribution in [1.82, 2.24) is 9.78 Å². The molecule has 2 N–H and O–H groups in total. The smallest absolute Gasteiger partial charge is 0.299 e. The minimum Gasteiger partial charge on any atom is -0.299 e. The molecule has 0 bridgehead atoms. The predicted molar refractivity (Wildman–Crippen MR) is 101 cm³/mol. The first-order valence-electron chi connectivity index (χ1n) is 6.68. The maximum Gasteiger partial charge on any atom is 0.325 e. The molecule has 0 aliphatic heterocycles. The van der Waals surface area contributed by atoms with E-state index in [4.69, 9.17) is 0 Å². The summed E-state index contributed by atoms with van der Waals surface area (Å²) in [6.45, 7) is 1.88. The third-order valence-electron chi connectivity index (χ3n) is 2.96. The van der Waals surface area contributed by atoms with Gasteiger partial charge in [0.05, 0.1) is 20.2 Å². The van der Waals surface area contributed by atoms with E-state index in [1.807, 2.05) is 49.4 Å². The van der Waals surface area contributed by atoms with Crippen LogP contribution < -0.4 is 10.6 Å². The normalized spacial score (nSPS) is 10.6. The number of aromatic nitrogens is 2. The van der Waals surface area contributed by atoms with E-state index in [0.29, 0.717) is 5.82 Å². The Bertz CT molecular complexity index is 825. The second-order valence-corrected chi connectivity index (χ2v) is 7.95. The molecular weight excluding hydrogens is 444 g/mol. The second kappa shape index (κ2) is 6.86. The highest BCUT2D eigenvalue weighted by Gasteiger charge is 2.12. The number of halogens is 2. The summed E-state index contributed by atoms with van der Waals surface area (Å²) in [5.74, 6) is 0.612. The van der Waals surface area contributed by atoms with E-state index in [1.54, 1.807) is 4.68 Å². The van der Waals surface area contributed by atoms with Crippen LogP contribution in [0.2, 0.25) is 0 Å². The molecule has 0 unspecified atom stereocenters. The van der Waals surface area contributed by atoms with Crippen molar-refractivity contribution in [3.05, 3.63) is 56.4 Å². The summed E-state index contributed by atoms with van der Waals surface area (Å²) in [4.78, 5) is 12.2. The van der Waals surface area contributed by atoms with Crippen molar-refractivity contribution in [3.63, 3.8) is 0 Å². The summed E-state index contributed by atoms with van der Waals surface area (Å²) >= 11 is 8.23. The van der Waals surface area contributed by atoms with Crippen molar-refractivity contribution >= 4 is 60.0 Å². The Morgan fingerprint density at radius 1 is 1.17 bits per heavy atom. The van der Waals surface area contributed by atoms with Gasteiger partial charge < -0.3 is 0 Å². The molecule has 8 heteroatoms. The molecule has 0 radical (unpaired) electrons. The van der Waals surface area contributed by atoms with E-state index >= 15 is 0 Å². The van der Waals surface area contributed by atoms with Gasteiger partial charge in [0.25, 0.3) is 0 Å². The molecule has 0 aliphatic carbocycles. The maximum absolute atomic E-state index is 12.2. The van der Waals surface area contributed by atoms with Crippen LogP contribution in [-0.2, 0) is 0 Å². The van der Waals surface area contributed by atoms with Crippen LogP contribution in [0.4, 0.5) is 15.6 Å². The van der Waals surface area contributed by atoms with Crippen molar-refractivity contribution in [3.8, 4) is 5.69 Å². The van der Waals surface area contributed by atoms with E-state index < -0.39 is 0 Å². The van der Waals surface area contributed by atoms with Crippen molar-refractivity contribution in [2.45, 2.75) is 6.92 Å². The Morgan fingerprint density at radius 3 is 2.57 bits per heavy atom. The maximum atomic E-state index is 12.2. The van der Waals surface area contributed by atoms with E-state index in [-0.39, 0.29) is 6.03 Å². The molecule has 0 atom stereocenters. The van der Waals surface area contributed by atoms with E-state index in [9.17, 15) is 4.79 Å². The monoisotopic (exact) mass is 454 g/mol. The van der Waals surface area contributed by atoms with Gasteiger partial charge in [-0.15, -0.1) is 11.3 Å². The fourth-order valence-corrected chi connectivity index (χ4v) is 3.95. The average Bonchev–Trinajstić information content (AvgIpc) is 3.02. The van der Waals surface area contributed by atoms with Gasteiger partial charge in [0, 0.05) is 10.5 Å². The first-order chi connectivity index (χ1) is 11.0. The summed E-state index contributed by atoms with van der Waals surface area (Å²) < 4.78 is 3.54. The number of nitrogens with one attached hydrogen (secondary N) is 2. The minimum absolute atomic E-state index is 0.316. The van der Waals surface area contributed by atoms with Crippen LogP contribution in [0.25, 0.3) is 5.69 Å². The van der Waals surface area contributed by atoms with Gasteiger partial charge in [-0.05, 0) is 57.0 Å². The van der Waals surface area contributed by atoms with Gasteiger partial charge in [0.15, 0.2) is 0 Å². The van der Waals surface area contributed by atoms with Gasteiger partial charge in [-0.2, -0.15) is 5.10 Å². The van der Waals surface area contributed by atoms with Crippen LogP contribution >= 0.6 is 43.2 Å². The lowest BCUT2D eigenvalue weighted by molar-refractivity contribution is 0.262. The highest BCUT2D eigenvalue weighted by molar-refractivity contribution is 9.13. The fourth-order valence-electron chi connectivity index (χ4n) is 2.02. The van der Waals surface area contributed by atoms with Gasteiger partial charge >= 0.3 is 6.03 Å². The van der Waals surface area contributed by atoms with E-state index in [2.05, 4.69) is 47.6 Å². The summed E-state index contributed by atoms with van der Waals surface area (Å²) in [5, 5.41) is 10.8. The molecule has 2 aromatic heterocycles. The Kier molecular flexibility index (Phi) is 4.84. The number of thiophene rings is 1. The fraction of sp³-hybridized carbons (Fsp3) is 0.0667. The van der Waals surface area contributed by atoms with Crippen molar-refractivity contribution in [1.29, 1.82) is 0 Å². The van der Waals surface area contributed by atoms with Crippen molar-refractivity contribution in [2.75, 3.05) is 10.6 Å². The third kappa shape index (κ3) is 3.82. The van der Waals surface area contributed by atoms with Crippen LogP contribution in [0.15, 0.2) is 50.7 Å². The molecular formula is C15H12Br2N4OS. The standard InChI is InChI=1S/C15H12Br2N4OS/c1-9-7-12(21(20-9)10-5-3-2-4-6-10)18-15(22)19-13-8-11(16)14(17)23-13/h2-8H,1H3,(H2,18,19,22).